The Morgan fingerprint density at radius 1 is 1.40 bits per heavy atom. The smallest absolute Gasteiger partial charge is 0.232 e. The lowest BCUT2D eigenvalue weighted by molar-refractivity contribution is -0.117. The molecule has 0 fully saturated rings. The van der Waals surface area contributed by atoms with E-state index in [-0.39, 0.29) is 12.3 Å². The quantitative estimate of drug-likeness (QED) is 0.917. The van der Waals surface area contributed by atoms with E-state index in [9.17, 15) is 4.79 Å². The summed E-state index contributed by atoms with van der Waals surface area (Å²) >= 11 is 0. The number of nitrogens with two attached hydrogens (primary N) is 1. The second-order valence-corrected chi connectivity index (χ2v) is 4.37. The van der Waals surface area contributed by atoms with Crippen molar-refractivity contribution in [3.05, 3.63) is 53.9 Å². The van der Waals surface area contributed by atoms with Gasteiger partial charge in [-0.25, -0.2) is 0 Å². The Bertz CT molecular complexity index is 658. The highest BCUT2D eigenvalue weighted by Crippen LogP contribution is 2.15. The average Bonchev–Trinajstić information content (AvgIpc) is 2.48. The van der Waals surface area contributed by atoms with Crippen LogP contribution in [0.4, 0.5) is 11.4 Å². The summed E-state index contributed by atoms with van der Waals surface area (Å²) in [7, 11) is 1.68. The fourth-order valence-electron chi connectivity index (χ4n) is 1.74. The number of pyridine rings is 1. The molecule has 2 rings (SSSR count). The number of anilines is 2. The van der Waals surface area contributed by atoms with E-state index >= 15 is 0 Å². The summed E-state index contributed by atoms with van der Waals surface area (Å²) in [6.07, 6.45) is 1.71. The maximum Gasteiger partial charge on any atom is 0.232 e. The summed E-state index contributed by atoms with van der Waals surface area (Å²) in [6.45, 7) is 0. The SMILES string of the molecule is CN(C(=O)Cc1ccc(N)cn1)c1cccc(C#N)c1. The zero-order chi connectivity index (χ0) is 14.5. The van der Waals surface area contributed by atoms with Gasteiger partial charge in [-0.2, -0.15) is 5.26 Å². The molecule has 0 radical (unpaired) electrons. The minimum atomic E-state index is -0.0997. The molecular weight excluding hydrogens is 252 g/mol. The van der Waals surface area contributed by atoms with Gasteiger partial charge in [-0.1, -0.05) is 6.07 Å². The summed E-state index contributed by atoms with van der Waals surface area (Å²) in [5.41, 5.74) is 7.98. The van der Waals surface area contributed by atoms with Crippen LogP contribution in [0.3, 0.4) is 0 Å². The lowest BCUT2D eigenvalue weighted by Crippen LogP contribution is -2.28. The molecule has 0 aliphatic heterocycles. The van der Waals surface area contributed by atoms with Crippen molar-refractivity contribution in [1.29, 1.82) is 5.26 Å². The third-order valence-electron chi connectivity index (χ3n) is 2.92. The van der Waals surface area contributed by atoms with Crippen molar-refractivity contribution >= 4 is 17.3 Å². The first-order valence-electron chi connectivity index (χ1n) is 6.07. The lowest BCUT2D eigenvalue weighted by Gasteiger charge is -2.17. The van der Waals surface area contributed by atoms with Crippen LogP contribution < -0.4 is 10.6 Å². The van der Waals surface area contributed by atoms with Gasteiger partial charge in [-0.3, -0.25) is 9.78 Å². The molecule has 5 nitrogen and oxygen atoms in total. The molecule has 0 spiro atoms. The number of amides is 1. The third kappa shape index (κ3) is 3.12. The van der Waals surface area contributed by atoms with E-state index in [1.165, 1.54) is 11.1 Å². The number of rotatable bonds is 3. The molecule has 0 aliphatic rings. The van der Waals surface area contributed by atoms with E-state index in [1.807, 2.05) is 0 Å². The van der Waals surface area contributed by atoms with E-state index < -0.39 is 0 Å². The number of aromatic nitrogens is 1. The van der Waals surface area contributed by atoms with Crippen molar-refractivity contribution in [3.63, 3.8) is 0 Å². The van der Waals surface area contributed by atoms with Crippen LogP contribution in [0.2, 0.25) is 0 Å². The number of carbonyl (C=O) groups is 1. The molecule has 0 saturated heterocycles. The number of likely N-dealkylation sites (N-methyl/N-ethyl adjacent to an activating group) is 1. The van der Waals surface area contributed by atoms with E-state index in [1.54, 1.807) is 43.4 Å². The first-order chi connectivity index (χ1) is 9.60. The molecule has 1 heterocycles. The molecule has 0 saturated carbocycles. The maximum absolute atomic E-state index is 12.2. The Morgan fingerprint density at radius 3 is 2.85 bits per heavy atom. The minimum absolute atomic E-state index is 0.0997. The van der Waals surface area contributed by atoms with E-state index in [2.05, 4.69) is 11.1 Å². The monoisotopic (exact) mass is 266 g/mol. The van der Waals surface area contributed by atoms with E-state index in [0.717, 1.165) is 0 Å². The molecule has 0 bridgehead atoms. The topological polar surface area (TPSA) is 83.0 Å². The second-order valence-electron chi connectivity index (χ2n) is 4.37. The van der Waals surface area contributed by atoms with Crippen LogP contribution in [0.15, 0.2) is 42.6 Å². The Kier molecular flexibility index (Phi) is 3.96. The molecule has 5 heteroatoms. The van der Waals surface area contributed by atoms with Crippen molar-refractivity contribution < 1.29 is 4.79 Å². The van der Waals surface area contributed by atoms with Crippen molar-refractivity contribution in [2.75, 3.05) is 17.7 Å². The van der Waals surface area contributed by atoms with Crippen LogP contribution in [-0.4, -0.2) is 17.9 Å². The fraction of sp³-hybridized carbons (Fsp3) is 0.133. The van der Waals surface area contributed by atoms with Gasteiger partial charge >= 0.3 is 0 Å². The molecule has 2 N–H and O–H groups in total. The number of benzene rings is 1. The zero-order valence-electron chi connectivity index (χ0n) is 11.1. The van der Waals surface area contributed by atoms with Crippen LogP contribution in [0.25, 0.3) is 0 Å². The van der Waals surface area contributed by atoms with Crippen LogP contribution in [0, 0.1) is 11.3 Å². The fourth-order valence-corrected chi connectivity index (χ4v) is 1.74. The first-order valence-corrected chi connectivity index (χ1v) is 6.07. The third-order valence-corrected chi connectivity index (χ3v) is 2.92. The molecule has 20 heavy (non-hydrogen) atoms. The predicted molar refractivity (Wildman–Crippen MR) is 76.9 cm³/mol. The van der Waals surface area contributed by atoms with Crippen LogP contribution in [-0.2, 0) is 11.2 Å². The molecule has 0 atom stereocenters. The van der Waals surface area contributed by atoms with Gasteiger partial charge in [0.2, 0.25) is 5.91 Å². The standard InChI is InChI=1S/C15H14N4O/c1-19(14-4-2-3-11(7-14)9-16)15(20)8-13-6-5-12(17)10-18-13/h2-7,10H,8,17H2,1H3. The zero-order valence-corrected chi connectivity index (χ0v) is 11.1. The maximum atomic E-state index is 12.2. The van der Waals surface area contributed by atoms with Crippen LogP contribution in [0.5, 0.6) is 0 Å². The second kappa shape index (κ2) is 5.85. The number of nitrogens with zero attached hydrogens (tertiary/aromatic N) is 3. The van der Waals surface area contributed by atoms with Crippen molar-refractivity contribution in [3.8, 4) is 6.07 Å². The predicted octanol–water partition coefficient (Wildman–Crippen LogP) is 1.74. The van der Waals surface area contributed by atoms with Crippen molar-refractivity contribution in [2.45, 2.75) is 6.42 Å². The molecule has 2 aromatic rings. The van der Waals surface area contributed by atoms with Crippen LogP contribution >= 0.6 is 0 Å². The summed E-state index contributed by atoms with van der Waals surface area (Å²) in [4.78, 5) is 17.8. The molecule has 0 unspecified atom stereocenters. The highest BCUT2D eigenvalue weighted by molar-refractivity contribution is 5.94. The molecule has 0 aliphatic carbocycles. The highest BCUT2D eigenvalue weighted by atomic mass is 16.2. The van der Waals surface area contributed by atoms with Gasteiger partial charge < -0.3 is 10.6 Å². The van der Waals surface area contributed by atoms with Gasteiger partial charge in [0.05, 0.1) is 29.9 Å². The van der Waals surface area contributed by atoms with Crippen molar-refractivity contribution in [2.24, 2.45) is 0 Å². The summed E-state index contributed by atoms with van der Waals surface area (Å²) in [5.74, 6) is -0.0997. The Labute approximate surface area is 117 Å². The van der Waals surface area contributed by atoms with E-state index in [0.29, 0.717) is 22.6 Å². The molecule has 1 amide bonds. The highest BCUT2D eigenvalue weighted by Gasteiger charge is 2.12. The summed E-state index contributed by atoms with van der Waals surface area (Å²) in [6, 6.07) is 12.4. The van der Waals surface area contributed by atoms with Gasteiger partial charge in [0.15, 0.2) is 0 Å². The van der Waals surface area contributed by atoms with Gasteiger partial charge in [-0.15, -0.1) is 0 Å². The number of carbonyl (C=O) groups excluding carboxylic acids is 1. The lowest BCUT2D eigenvalue weighted by atomic mass is 10.2. The summed E-state index contributed by atoms with van der Waals surface area (Å²) < 4.78 is 0. The van der Waals surface area contributed by atoms with Gasteiger partial charge in [0.1, 0.15) is 0 Å². The molecular formula is C15H14N4O. The van der Waals surface area contributed by atoms with Gasteiger partial charge in [0.25, 0.3) is 0 Å². The number of hydrogen-bond donors (Lipinski definition) is 1. The van der Waals surface area contributed by atoms with Crippen molar-refractivity contribution in [1.82, 2.24) is 4.98 Å². The number of hydrogen-bond acceptors (Lipinski definition) is 4. The van der Waals surface area contributed by atoms with Gasteiger partial charge in [0, 0.05) is 18.4 Å². The molecule has 100 valence electrons. The largest absolute Gasteiger partial charge is 0.397 e. The van der Waals surface area contributed by atoms with E-state index in [4.69, 9.17) is 11.0 Å². The van der Waals surface area contributed by atoms with Crippen LogP contribution in [0.1, 0.15) is 11.3 Å². The minimum Gasteiger partial charge on any atom is -0.397 e. The Balaban J connectivity index is 2.12. The van der Waals surface area contributed by atoms with Gasteiger partial charge in [-0.05, 0) is 30.3 Å². The Morgan fingerprint density at radius 2 is 2.20 bits per heavy atom. The number of nitrogen functional groups attached to an aromatic ring is 1. The first kappa shape index (κ1) is 13.6. The molecule has 1 aromatic carbocycles. The molecule has 1 aromatic heterocycles. The summed E-state index contributed by atoms with van der Waals surface area (Å²) in [5, 5.41) is 8.87. The average molecular weight is 266 g/mol. The Hall–Kier alpha value is -2.87. The number of nitriles is 1. The normalized spacial score (nSPS) is 9.80.